The number of hydrogen-bond donors (Lipinski definition) is 2. The number of carboxylic acid groups (broad SMARTS) is 1. The minimum Gasteiger partial charge on any atom is -0.480 e. The largest absolute Gasteiger partial charge is 0.480 e. The number of para-hydroxylation sites is 1. The third-order valence-corrected chi connectivity index (χ3v) is 3.78. The summed E-state index contributed by atoms with van der Waals surface area (Å²) in [7, 11) is 0. The van der Waals surface area contributed by atoms with Gasteiger partial charge in [-0.25, -0.2) is 4.79 Å². The molecule has 0 amide bonds. The van der Waals surface area contributed by atoms with Crippen LogP contribution in [0.15, 0.2) is 18.2 Å². The van der Waals surface area contributed by atoms with Crippen molar-refractivity contribution in [3.05, 3.63) is 29.3 Å². The van der Waals surface area contributed by atoms with E-state index in [1.807, 2.05) is 0 Å². The summed E-state index contributed by atoms with van der Waals surface area (Å²) in [6.45, 7) is 6.34. The number of carboxylic acids is 1. The molecule has 104 valence electrons. The topological polar surface area (TPSA) is 52.6 Å². The average molecular weight is 262 g/mol. The molecule has 2 rings (SSSR count). The van der Waals surface area contributed by atoms with Crippen molar-refractivity contribution in [3.63, 3.8) is 0 Å². The Balaban J connectivity index is 2.45. The van der Waals surface area contributed by atoms with Crippen LogP contribution in [0.5, 0.6) is 0 Å². The van der Waals surface area contributed by atoms with E-state index in [2.05, 4.69) is 42.3 Å². The van der Waals surface area contributed by atoms with Crippen molar-refractivity contribution in [1.29, 1.82) is 0 Å². The van der Waals surface area contributed by atoms with Crippen LogP contribution in [0, 0.1) is 0 Å². The molecule has 0 bridgehead atoms. The number of benzene rings is 1. The van der Waals surface area contributed by atoms with Gasteiger partial charge in [-0.15, -0.1) is 0 Å². The fourth-order valence-corrected chi connectivity index (χ4v) is 2.78. The Hall–Kier alpha value is -1.55. The molecular weight excluding hydrogens is 240 g/mol. The van der Waals surface area contributed by atoms with E-state index in [1.165, 1.54) is 11.1 Å². The predicted octanol–water partition coefficient (Wildman–Crippen LogP) is 1.67. The number of anilines is 1. The third kappa shape index (κ3) is 2.73. The molecule has 4 nitrogen and oxygen atoms in total. The zero-order valence-electron chi connectivity index (χ0n) is 11.6. The Bertz CT molecular complexity index is 437. The second-order valence-electron chi connectivity index (χ2n) is 4.88. The number of rotatable bonds is 4. The number of nitrogens with zero attached hydrogens (tertiary/aromatic N) is 1. The summed E-state index contributed by atoms with van der Waals surface area (Å²) in [4.78, 5) is 13.5. The molecule has 0 radical (unpaired) electrons. The Kier molecular flexibility index (Phi) is 4.43. The molecule has 1 aliphatic heterocycles. The van der Waals surface area contributed by atoms with Crippen molar-refractivity contribution >= 4 is 11.7 Å². The van der Waals surface area contributed by atoms with Crippen LogP contribution in [0.4, 0.5) is 5.69 Å². The van der Waals surface area contributed by atoms with Crippen molar-refractivity contribution < 1.29 is 9.90 Å². The molecule has 1 saturated heterocycles. The minimum atomic E-state index is -0.750. The third-order valence-electron chi connectivity index (χ3n) is 3.78. The van der Waals surface area contributed by atoms with Crippen LogP contribution >= 0.6 is 0 Å². The van der Waals surface area contributed by atoms with Gasteiger partial charge in [0.15, 0.2) is 0 Å². The molecule has 0 aromatic heterocycles. The van der Waals surface area contributed by atoms with Gasteiger partial charge in [0.1, 0.15) is 6.04 Å². The van der Waals surface area contributed by atoms with Crippen molar-refractivity contribution in [3.8, 4) is 0 Å². The summed E-state index contributed by atoms with van der Waals surface area (Å²) in [6, 6.07) is 5.82. The lowest BCUT2D eigenvalue weighted by molar-refractivity contribution is -0.138. The van der Waals surface area contributed by atoms with Crippen LogP contribution < -0.4 is 10.2 Å². The highest BCUT2D eigenvalue weighted by atomic mass is 16.4. The first-order valence-corrected chi connectivity index (χ1v) is 7.00. The molecule has 1 aromatic rings. The highest BCUT2D eigenvalue weighted by Crippen LogP contribution is 2.29. The first-order valence-electron chi connectivity index (χ1n) is 7.00. The molecule has 19 heavy (non-hydrogen) atoms. The van der Waals surface area contributed by atoms with Gasteiger partial charge < -0.3 is 15.3 Å². The van der Waals surface area contributed by atoms with E-state index in [-0.39, 0.29) is 0 Å². The highest BCUT2D eigenvalue weighted by Gasteiger charge is 2.30. The van der Waals surface area contributed by atoms with Crippen LogP contribution in [0.25, 0.3) is 0 Å². The summed E-state index contributed by atoms with van der Waals surface area (Å²) in [5.41, 5.74) is 3.63. The molecule has 1 aromatic carbocycles. The normalized spacial score (nSPS) is 19.5. The summed E-state index contributed by atoms with van der Waals surface area (Å²) in [5, 5.41) is 12.6. The fourth-order valence-electron chi connectivity index (χ4n) is 2.78. The quantitative estimate of drug-likeness (QED) is 0.867. The standard InChI is InChI=1S/C15H22N2O2/c1-3-11-6-5-7-12(4-2)14(11)17-9-8-16-10-13(17)15(18)19/h5-7,13,16H,3-4,8-10H2,1-2H3,(H,18,19). The van der Waals surface area contributed by atoms with Crippen LogP contribution in [0.1, 0.15) is 25.0 Å². The second-order valence-corrected chi connectivity index (χ2v) is 4.88. The summed E-state index contributed by atoms with van der Waals surface area (Å²) < 4.78 is 0. The van der Waals surface area contributed by atoms with Crippen LogP contribution in [0.2, 0.25) is 0 Å². The molecule has 0 aliphatic carbocycles. The zero-order valence-corrected chi connectivity index (χ0v) is 11.6. The second kappa shape index (κ2) is 6.06. The lowest BCUT2D eigenvalue weighted by atomic mass is 9.99. The first kappa shape index (κ1) is 13.9. The van der Waals surface area contributed by atoms with E-state index in [1.54, 1.807) is 0 Å². The summed E-state index contributed by atoms with van der Waals surface area (Å²) in [5.74, 6) is -0.750. The van der Waals surface area contributed by atoms with E-state index >= 15 is 0 Å². The van der Waals surface area contributed by atoms with Gasteiger partial charge in [-0.05, 0) is 24.0 Å². The Morgan fingerprint density at radius 2 is 2.00 bits per heavy atom. The van der Waals surface area contributed by atoms with Gasteiger partial charge in [0.25, 0.3) is 0 Å². The smallest absolute Gasteiger partial charge is 0.327 e. The minimum absolute atomic E-state index is 0.466. The number of carbonyl (C=O) groups is 1. The van der Waals surface area contributed by atoms with E-state index in [0.29, 0.717) is 6.54 Å². The molecule has 1 aliphatic rings. The SMILES string of the molecule is CCc1cccc(CC)c1N1CCNCC1C(=O)O. The zero-order chi connectivity index (χ0) is 13.8. The van der Waals surface area contributed by atoms with Gasteiger partial charge >= 0.3 is 5.97 Å². The lowest BCUT2D eigenvalue weighted by Crippen LogP contribution is -2.55. The molecule has 1 unspecified atom stereocenters. The predicted molar refractivity (Wildman–Crippen MR) is 76.8 cm³/mol. The van der Waals surface area contributed by atoms with Gasteiger partial charge in [0.2, 0.25) is 0 Å². The number of hydrogen-bond acceptors (Lipinski definition) is 3. The molecule has 1 fully saturated rings. The van der Waals surface area contributed by atoms with Gasteiger partial charge in [-0.1, -0.05) is 32.0 Å². The maximum atomic E-state index is 11.5. The molecule has 0 saturated carbocycles. The van der Waals surface area contributed by atoms with Crippen molar-refractivity contribution in [2.24, 2.45) is 0 Å². The fraction of sp³-hybridized carbons (Fsp3) is 0.533. The molecule has 1 atom stereocenters. The number of aliphatic carboxylic acids is 1. The van der Waals surface area contributed by atoms with Gasteiger partial charge in [-0.3, -0.25) is 0 Å². The molecule has 4 heteroatoms. The highest BCUT2D eigenvalue weighted by molar-refractivity contribution is 5.80. The van der Waals surface area contributed by atoms with Crippen LogP contribution in [0.3, 0.4) is 0 Å². The van der Waals surface area contributed by atoms with Crippen molar-refractivity contribution in [2.45, 2.75) is 32.7 Å². The molecule has 1 heterocycles. The van der Waals surface area contributed by atoms with E-state index in [4.69, 9.17) is 0 Å². The van der Waals surface area contributed by atoms with Crippen LogP contribution in [-0.4, -0.2) is 36.8 Å². The first-order chi connectivity index (χ1) is 9.19. The van der Waals surface area contributed by atoms with Crippen molar-refractivity contribution in [2.75, 3.05) is 24.5 Å². The monoisotopic (exact) mass is 262 g/mol. The van der Waals surface area contributed by atoms with Gasteiger partial charge in [-0.2, -0.15) is 0 Å². The number of nitrogens with one attached hydrogen (secondary N) is 1. The Morgan fingerprint density at radius 3 is 2.53 bits per heavy atom. The maximum absolute atomic E-state index is 11.5. The molecular formula is C15H22N2O2. The van der Waals surface area contributed by atoms with Crippen molar-refractivity contribution in [1.82, 2.24) is 5.32 Å². The lowest BCUT2D eigenvalue weighted by Gasteiger charge is -2.37. The Morgan fingerprint density at radius 1 is 1.37 bits per heavy atom. The Labute approximate surface area is 114 Å². The number of piperazine rings is 1. The molecule has 0 spiro atoms. The molecule has 2 N–H and O–H groups in total. The van der Waals surface area contributed by atoms with Gasteiger partial charge in [0.05, 0.1) is 0 Å². The average Bonchev–Trinajstić information content (AvgIpc) is 2.46. The maximum Gasteiger partial charge on any atom is 0.327 e. The van der Waals surface area contributed by atoms with Gasteiger partial charge in [0, 0.05) is 25.3 Å². The van der Waals surface area contributed by atoms with Crippen LogP contribution in [-0.2, 0) is 17.6 Å². The van der Waals surface area contributed by atoms with E-state index < -0.39 is 12.0 Å². The number of aryl methyl sites for hydroxylation is 2. The summed E-state index contributed by atoms with van der Waals surface area (Å²) in [6.07, 6.45) is 1.86. The van der Waals surface area contributed by atoms with E-state index in [0.717, 1.165) is 31.6 Å². The summed E-state index contributed by atoms with van der Waals surface area (Å²) >= 11 is 0. The van der Waals surface area contributed by atoms with E-state index in [9.17, 15) is 9.90 Å².